The van der Waals surface area contributed by atoms with Crippen LogP contribution in [0.1, 0.15) is 35.3 Å². The molecule has 270 valence electrons. The largest absolute Gasteiger partial charge is 0.436 e. The van der Waals surface area contributed by atoms with E-state index in [0.29, 0.717) is 23.4 Å². The first-order valence-corrected chi connectivity index (χ1v) is 19.2. The summed E-state index contributed by atoms with van der Waals surface area (Å²) >= 11 is 1.66. The maximum atomic E-state index is 6.13. The Labute approximate surface area is 328 Å². The number of nitrogens with zero attached hydrogens (tertiary/aromatic N) is 6. The van der Waals surface area contributed by atoms with Crippen molar-refractivity contribution in [2.75, 3.05) is 0 Å². The Kier molecular flexibility index (Phi) is 9.09. The number of para-hydroxylation sites is 2. The second-order valence-corrected chi connectivity index (χ2v) is 14.4. The molecule has 0 aliphatic carbocycles. The second kappa shape index (κ2) is 14.7. The zero-order valence-corrected chi connectivity index (χ0v) is 32.0. The van der Waals surface area contributed by atoms with Gasteiger partial charge in [-0.05, 0) is 69.3 Å². The van der Waals surface area contributed by atoms with E-state index in [4.69, 9.17) is 29.3 Å². The van der Waals surface area contributed by atoms with E-state index in [-0.39, 0.29) is 0 Å². The molecule has 7 nitrogen and oxygen atoms in total. The van der Waals surface area contributed by atoms with Gasteiger partial charge in [-0.2, -0.15) is 0 Å². The molecule has 0 spiro atoms. The minimum absolute atomic E-state index is 0.544. The molecule has 0 aliphatic heterocycles. The fraction of sp³-hybridized carbons (Fsp3) is 0.0625. The number of benzene rings is 5. The van der Waals surface area contributed by atoms with Gasteiger partial charge in [-0.15, -0.1) is 11.3 Å². The number of fused-ring (bicyclic) bond motifs is 2. The van der Waals surface area contributed by atoms with Gasteiger partial charge in [0.05, 0.1) is 10.2 Å². The molecule has 0 N–H and O–H groups in total. The third-order valence-electron chi connectivity index (χ3n) is 9.83. The molecule has 0 amide bonds. The molecular formula is C48H36N6OS. The molecule has 0 fully saturated rings. The van der Waals surface area contributed by atoms with E-state index < -0.39 is 0 Å². The predicted molar refractivity (Wildman–Crippen MR) is 230 cm³/mol. The Morgan fingerprint density at radius 1 is 0.625 bits per heavy atom. The van der Waals surface area contributed by atoms with Crippen molar-refractivity contribution < 1.29 is 4.42 Å². The average Bonchev–Trinajstić information content (AvgIpc) is 3.94. The van der Waals surface area contributed by atoms with Gasteiger partial charge < -0.3 is 8.98 Å². The fourth-order valence-corrected chi connectivity index (χ4v) is 8.09. The zero-order valence-electron chi connectivity index (χ0n) is 31.1. The second-order valence-electron chi connectivity index (χ2n) is 13.4. The molecule has 0 aliphatic rings. The van der Waals surface area contributed by atoms with Gasteiger partial charge in [0.1, 0.15) is 10.5 Å². The van der Waals surface area contributed by atoms with Gasteiger partial charge in [0.15, 0.2) is 23.1 Å². The highest BCUT2D eigenvalue weighted by Crippen LogP contribution is 2.36. The molecule has 8 heteroatoms. The van der Waals surface area contributed by atoms with Gasteiger partial charge in [-0.3, -0.25) is 0 Å². The Balaban J connectivity index is 1.09. The lowest BCUT2D eigenvalue weighted by atomic mass is 10.0. The maximum Gasteiger partial charge on any atom is 0.227 e. The van der Waals surface area contributed by atoms with Crippen LogP contribution < -0.4 is 0 Å². The van der Waals surface area contributed by atoms with Crippen molar-refractivity contribution in [1.29, 1.82) is 0 Å². The Morgan fingerprint density at radius 2 is 1.27 bits per heavy atom. The molecule has 0 radical (unpaired) electrons. The van der Waals surface area contributed by atoms with Crippen molar-refractivity contribution >= 4 is 50.4 Å². The Bertz CT molecular complexity index is 2880. The normalized spacial score (nSPS) is 11.9. The molecule has 9 rings (SSSR count). The van der Waals surface area contributed by atoms with E-state index >= 15 is 0 Å². The fourth-order valence-electron chi connectivity index (χ4n) is 7.09. The van der Waals surface area contributed by atoms with Gasteiger partial charge in [-0.1, -0.05) is 110 Å². The van der Waals surface area contributed by atoms with E-state index in [1.807, 2.05) is 97.9 Å². The summed E-state index contributed by atoms with van der Waals surface area (Å²) in [6, 6.07) is 42.7. The quantitative estimate of drug-likeness (QED) is 0.137. The summed E-state index contributed by atoms with van der Waals surface area (Å²) in [4.78, 5) is 24.6. The first kappa shape index (κ1) is 34.7. The van der Waals surface area contributed by atoms with Crippen LogP contribution in [0.25, 0.3) is 89.5 Å². The summed E-state index contributed by atoms with van der Waals surface area (Å²) < 4.78 is 9.49. The van der Waals surface area contributed by atoms with Crippen molar-refractivity contribution in [3.8, 4) is 50.4 Å². The average molecular weight is 745 g/mol. The van der Waals surface area contributed by atoms with Crippen LogP contribution in [0.3, 0.4) is 0 Å². The van der Waals surface area contributed by atoms with E-state index in [0.717, 1.165) is 82.4 Å². The summed E-state index contributed by atoms with van der Waals surface area (Å²) in [5.41, 5.74) is 12.6. The minimum Gasteiger partial charge on any atom is -0.436 e. The smallest absolute Gasteiger partial charge is 0.227 e. The van der Waals surface area contributed by atoms with Crippen LogP contribution in [-0.2, 0) is 0 Å². The SMILES string of the molecule is C=C/C(=C\c1c(/C=C\C)c(C)n(-c2cccc(-c3nc4ccc(-c5nc(-c6ccccc6)nc(-c6ccccc6)n5)cc4s3)c2)c1C)c1nc2ccccc2o1. The molecule has 5 aromatic carbocycles. The topological polar surface area (TPSA) is 82.5 Å². The maximum absolute atomic E-state index is 6.13. The van der Waals surface area contributed by atoms with Crippen LogP contribution in [0.15, 0.2) is 151 Å². The zero-order chi connectivity index (χ0) is 38.2. The van der Waals surface area contributed by atoms with E-state index in [1.54, 1.807) is 17.4 Å². The number of rotatable bonds is 9. The number of oxazole rings is 1. The van der Waals surface area contributed by atoms with Gasteiger partial charge in [0.2, 0.25) is 5.89 Å². The van der Waals surface area contributed by atoms with Crippen molar-refractivity contribution in [3.63, 3.8) is 0 Å². The lowest BCUT2D eigenvalue weighted by molar-refractivity contribution is 0.586. The summed E-state index contributed by atoms with van der Waals surface area (Å²) in [5, 5.41) is 0.936. The number of hydrogen-bond acceptors (Lipinski definition) is 7. The van der Waals surface area contributed by atoms with Crippen LogP contribution >= 0.6 is 11.3 Å². The van der Waals surface area contributed by atoms with Crippen LogP contribution in [0.4, 0.5) is 0 Å². The molecule has 0 unspecified atom stereocenters. The molecular weight excluding hydrogens is 709 g/mol. The summed E-state index contributed by atoms with van der Waals surface area (Å²) in [7, 11) is 0. The highest BCUT2D eigenvalue weighted by atomic mass is 32.1. The lowest BCUT2D eigenvalue weighted by Gasteiger charge is -2.11. The monoisotopic (exact) mass is 744 g/mol. The van der Waals surface area contributed by atoms with Gasteiger partial charge in [0, 0.05) is 56.0 Å². The van der Waals surface area contributed by atoms with Crippen molar-refractivity contribution in [2.45, 2.75) is 20.8 Å². The summed E-state index contributed by atoms with van der Waals surface area (Å²) in [6.07, 6.45) is 8.16. The molecule has 56 heavy (non-hydrogen) atoms. The summed E-state index contributed by atoms with van der Waals surface area (Å²) in [5.74, 6) is 2.43. The minimum atomic E-state index is 0.544. The van der Waals surface area contributed by atoms with Crippen LogP contribution in [0.5, 0.6) is 0 Å². The molecule has 0 atom stereocenters. The third kappa shape index (κ3) is 6.46. The molecule has 0 saturated heterocycles. The highest BCUT2D eigenvalue weighted by Gasteiger charge is 2.19. The first-order chi connectivity index (χ1) is 27.5. The van der Waals surface area contributed by atoms with E-state index in [1.165, 1.54) is 0 Å². The van der Waals surface area contributed by atoms with Crippen molar-refractivity contribution in [2.24, 2.45) is 0 Å². The molecule has 0 saturated carbocycles. The predicted octanol–water partition coefficient (Wildman–Crippen LogP) is 12.5. The van der Waals surface area contributed by atoms with Crippen molar-refractivity contribution in [3.05, 3.63) is 175 Å². The molecule has 4 aromatic heterocycles. The Morgan fingerprint density at radius 3 is 1.95 bits per heavy atom. The lowest BCUT2D eigenvalue weighted by Crippen LogP contribution is -2.00. The number of allylic oxidation sites excluding steroid dienone is 3. The van der Waals surface area contributed by atoms with E-state index in [2.05, 4.69) is 79.6 Å². The van der Waals surface area contributed by atoms with Crippen LogP contribution in [-0.4, -0.2) is 29.5 Å². The van der Waals surface area contributed by atoms with Gasteiger partial charge in [0.25, 0.3) is 0 Å². The molecule has 0 bridgehead atoms. The van der Waals surface area contributed by atoms with Gasteiger partial charge in [-0.25, -0.2) is 24.9 Å². The van der Waals surface area contributed by atoms with Crippen molar-refractivity contribution in [1.82, 2.24) is 29.5 Å². The number of aromatic nitrogens is 6. The molecule has 9 aromatic rings. The standard InChI is InChI=1S/C48H36N6OS/c1-5-16-38-30(3)54(31(4)39(38)28-32(6-2)47-49-40-23-13-14-24-42(40)55-47)37-22-15-21-36(27-37)48-50-41-26-25-35(29-43(41)56-48)46-52-44(33-17-9-7-10-18-33)51-45(53-46)34-19-11-8-12-20-34/h5-29H,2H2,1,3-4H3/b16-5-,32-28+. The Hall–Kier alpha value is -7.03. The first-order valence-electron chi connectivity index (χ1n) is 18.4. The highest BCUT2D eigenvalue weighted by molar-refractivity contribution is 7.21. The number of hydrogen-bond donors (Lipinski definition) is 0. The molecule has 4 heterocycles. The number of thiazole rings is 1. The van der Waals surface area contributed by atoms with Crippen LogP contribution in [0.2, 0.25) is 0 Å². The third-order valence-corrected chi connectivity index (χ3v) is 10.9. The summed E-state index contributed by atoms with van der Waals surface area (Å²) in [6.45, 7) is 10.5. The van der Waals surface area contributed by atoms with Crippen LogP contribution in [0, 0.1) is 13.8 Å². The van der Waals surface area contributed by atoms with E-state index in [9.17, 15) is 0 Å². The van der Waals surface area contributed by atoms with Gasteiger partial charge >= 0.3 is 0 Å².